The maximum atomic E-state index is 12.2. The van der Waals surface area contributed by atoms with Crippen LogP contribution in [0.25, 0.3) is 0 Å². The van der Waals surface area contributed by atoms with Gasteiger partial charge < -0.3 is 9.29 Å². The largest absolute Gasteiger partial charge is 0.598 e. The van der Waals surface area contributed by atoms with Crippen LogP contribution in [0.5, 0.6) is 5.75 Å². The second-order valence-corrected chi connectivity index (χ2v) is 8.28. The van der Waals surface area contributed by atoms with Crippen molar-refractivity contribution in [1.29, 1.82) is 0 Å². The Morgan fingerprint density at radius 1 is 1.44 bits per heavy atom. The van der Waals surface area contributed by atoms with Gasteiger partial charge in [0.25, 0.3) is 0 Å². The topological polar surface area (TPSA) is 44.3 Å². The molecule has 1 aliphatic heterocycles. The van der Waals surface area contributed by atoms with Gasteiger partial charge in [-0.15, -0.1) is 4.72 Å². The van der Waals surface area contributed by atoms with Crippen LogP contribution in [0.15, 0.2) is 22.7 Å². The molecule has 0 radical (unpaired) electrons. The summed E-state index contributed by atoms with van der Waals surface area (Å²) >= 11 is 2.39. The number of hydrogen-bond donors (Lipinski definition) is 1. The van der Waals surface area contributed by atoms with E-state index in [1.54, 1.807) is 0 Å². The number of hydrogen-bond acceptors (Lipinski definition) is 3. The fourth-order valence-corrected chi connectivity index (χ4v) is 3.03. The van der Waals surface area contributed by atoms with E-state index in [0.29, 0.717) is 6.61 Å². The summed E-state index contributed by atoms with van der Waals surface area (Å²) in [7, 11) is 0. The molecule has 0 aliphatic carbocycles. The summed E-state index contributed by atoms with van der Waals surface area (Å²) in [6.07, 6.45) is 0.839. The van der Waals surface area contributed by atoms with Crippen LogP contribution in [0.1, 0.15) is 38.8 Å². The van der Waals surface area contributed by atoms with Crippen LogP contribution < -0.4 is 9.46 Å². The predicted molar refractivity (Wildman–Crippen MR) is 78.0 cm³/mol. The molecule has 1 aliphatic rings. The summed E-state index contributed by atoms with van der Waals surface area (Å²) in [5.41, 5.74) is 1.08. The van der Waals surface area contributed by atoms with Gasteiger partial charge in [-0.3, -0.25) is 0 Å². The van der Waals surface area contributed by atoms with Crippen LogP contribution in [-0.4, -0.2) is 15.9 Å². The number of halogens is 1. The van der Waals surface area contributed by atoms with E-state index in [0.717, 1.165) is 22.2 Å². The fourth-order valence-electron chi connectivity index (χ4n) is 1.79. The quantitative estimate of drug-likeness (QED) is 0.845. The molecule has 1 heterocycles. The molecular formula is C13H18BrNO2S. The standard InChI is InChI=1S/C13H18BrNO2S/c1-13(2,3)18(16)15-11-6-7-17-12-5-4-9(14)8-10(11)12/h4-5,8,11,15H,6-7H2,1-3H3/t11-,18-/m0/s1. The number of benzene rings is 1. The van der Waals surface area contributed by atoms with E-state index in [1.807, 2.05) is 39.0 Å². The van der Waals surface area contributed by atoms with Crippen LogP contribution in [-0.2, 0) is 11.4 Å². The lowest BCUT2D eigenvalue weighted by molar-refractivity contribution is 0.262. The van der Waals surface area contributed by atoms with Crippen molar-refractivity contribution in [3.63, 3.8) is 0 Å². The Morgan fingerprint density at radius 3 is 2.83 bits per heavy atom. The summed E-state index contributed by atoms with van der Waals surface area (Å²) in [6, 6.07) is 6.03. The Morgan fingerprint density at radius 2 is 2.17 bits per heavy atom. The molecule has 100 valence electrons. The summed E-state index contributed by atoms with van der Waals surface area (Å²) in [4.78, 5) is 0. The van der Waals surface area contributed by atoms with Gasteiger partial charge in [-0.05, 0) is 39.0 Å². The molecular weight excluding hydrogens is 314 g/mol. The molecule has 5 heteroatoms. The molecule has 2 atom stereocenters. The van der Waals surface area contributed by atoms with Crippen molar-refractivity contribution in [2.24, 2.45) is 0 Å². The lowest BCUT2D eigenvalue weighted by Gasteiger charge is -2.31. The first-order valence-electron chi connectivity index (χ1n) is 5.98. The van der Waals surface area contributed by atoms with Crippen LogP contribution in [0.2, 0.25) is 0 Å². The highest BCUT2D eigenvalue weighted by molar-refractivity contribution is 9.10. The Balaban J connectivity index is 2.20. The highest BCUT2D eigenvalue weighted by atomic mass is 79.9. The van der Waals surface area contributed by atoms with E-state index in [1.165, 1.54) is 0 Å². The van der Waals surface area contributed by atoms with Crippen LogP contribution >= 0.6 is 15.9 Å². The van der Waals surface area contributed by atoms with Gasteiger partial charge in [0.1, 0.15) is 10.5 Å². The van der Waals surface area contributed by atoms with E-state index < -0.39 is 11.4 Å². The third-order valence-corrected chi connectivity index (χ3v) is 4.92. The summed E-state index contributed by atoms with van der Waals surface area (Å²) in [5, 5.41) is 0. The summed E-state index contributed by atoms with van der Waals surface area (Å²) in [5.74, 6) is 0.882. The maximum absolute atomic E-state index is 12.2. The van der Waals surface area contributed by atoms with Crippen LogP contribution in [0.3, 0.4) is 0 Å². The van der Waals surface area contributed by atoms with Crippen molar-refractivity contribution < 1.29 is 9.29 Å². The smallest absolute Gasteiger partial charge is 0.136 e. The first kappa shape index (κ1) is 14.2. The van der Waals surface area contributed by atoms with Crippen molar-refractivity contribution in [3.05, 3.63) is 28.2 Å². The molecule has 18 heavy (non-hydrogen) atoms. The molecule has 0 bridgehead atoms. The monoisotopic (exact) mass is 331 g/mol. The van der Waals surface area contributed by atoms with E-state index >= 15 is 0 Å². The van der Waals surface area contributed by atoms with Crippen LogP contribution in [0, 0.1) is 0 Å². The minimum absolute atomic E-state index is 0.0892. The van der Waals surface area contributed by atoms with Crippen molar-refractivity contribution >= 4 is 27.3 Å². The second-order valence-electron chi connectivity index (χ2n) is 5.37. The third kappa shape index (κ3) is 3.20. The minimum atomic E-state index is -1.07. The van der Waals surface area contributed by atoms with Gasteiger partial charge >= 0.3 is 0 Å². The van der Waals surface area contributed by atoms with Gasteiger partial charge in [-0.25, -0.2) is 0 Å². The zero-order valence-corrected chi connectivity index (χ0v) is 13.2. The molecule has 1 N–H and O–H groups in total. The molecule has 0 aromatic heterocycles. The maximum Gasteiger partial charge on any atom is 0.136 e. The SMILES string of the molecule is CC(C)(C)[S@+]([O-])N[C@H]1CCOc2ccc(Br)cc21. The highest BCUT2D eigenvalue weighted by Gasteiger charge is 2.32. The molecule has 0 amide bonds. The van der Waals surface area contributed by atoms with E-state index in [2.05, 4.69) is 20.7 Å². The van der Waals surface area contributed by atoms with E-state index in [-0.39, 0.29) is 10.8 Å². The number of fused-ring (bicyclic) bond motifs is 1. The lowest BCUT2D eigenvalue weighted by atomic mass is 10.0. The first-order chi connectivity index (χ1) is 8.38. The number of ether oxygens (including phenoxy) is 1. The Labute approximate surface area is 120 Å². The molecule has 3 nitrogen and oxygen atoms in total. The average Bonchev–Trinajstić information content (AvgIpc) is 2.28. The molecule has 0 unspecified atom stereocenters. The third-order valence-electron chi connectivity index (χ3n) is 2.82. The Hall–Kier alpha value is -0.230. The Kier molecular flexibility index (Phi) is 4.26. The van der Waals surface area contributed by atoms with Gasteiger partial charge in [0, 0.05) is 27.8 Å². The van der Waals surface area contributed by atoms with Gasteiger partial charge in [0.15, 0.2) is 0 Å². The van der Waals surface area contributed by atoms with Gasteiger partial charge in [0.05, 0.1) is 12.6 Å². The molecule has 0 fully saturated rings. The van der Waals surface area contributed by atoms with E-state index in [9.17, 15) is 4.55 Å². The lowest BCUT2D eigenvalue weighted by Crippen LogP contribution is -2.42. The fraction of sp³-hybridized carbons (Fsp3) is 0.538. The molecule has 1 aromatic rings. The zero-order valence-electron chi connectivity index (χ0n) is 10.8. The predicted octanol–water partition coefficient (Wildman–Crippen LogP) is 3.32. The van der Waals surface area contributed by atoms with Crippen LogP contribution in [0.4, 0.5) is 0 Å². The highest BCUT2D eigenvalue weighted by Crippen LogP contribution is 2.35. The van der Waals surface area contributed by atoms with Crippen molar-refractivity contribution in [1.82, 2.24) is 4.72 Å². The van der Waals surface area contributed by atoms with Gasteiger partial charge in [-0.1, -0.05) is 15.9 Å². The van der Waals surface area contributed by atoms with E-state index in [4.69, 9.17) is 4.74 Å². The van der Waals surface area contributed by atoms with Crippen molar-refractivity contribution in [3.8, 4) is 5.75 Å². The average molecular weight is 332 g/mol. The molecule has 1 aromatic carbocycles. The molecule has 0 saturated carbocycles. The van der Waals surface area contributed by atoms with Crippen molar-refractivity contribution in [2.75, 3.05) is 6.61 Å². The minimum Gasteiger partial charge on any atom is -0.598 e. The first-order valence-corrected chi connectivity index (χ1v) is 7.92. The molecule has 0 spiro atoms. The van der Waals surface area contributed by atoms with Crippen molar-refractivity contribution in [2.45, 2.75) is 38.0 Å². The summed E-state index contributed by atoms with van der Waals surface area (Å²) < 4.78 is 21.8. The Bertz CT molecular complexity index is 433. The van der Waals surface area contributed by atoms with Gasteiger partial charge in [-0.2, -0.15) is 0 Å². The normalized spacial score (nSPS) is 21.1. The zero-order chi connectivity index (χ0) is 13.3. The van der Waals surface area contributed by atoms with Gasteiger partial charge in [0.2, 0.25) is 0 Å². The second kappa shape index (κ2) is 5.41. The molecule has 2 rings (SSSR count). The number of rotatable bonds is 2. The molecule has 0 saturated heterocycles. The summed E-state index contributed by atoms with van der Waals surface area (Å²) in [6.45, 7) is 6.57. The number of nitrogens with one attached hydrogen (secondary N) is 1.